The van der Waals surface area contributed by atoms with Gasteiger partial charge >= 0.3 is 18.9 Å². The van der Waals surface area contributed by atoms with Gasteiger partial charge in [-0.2, -0.15) is 23.8 Å². The third-order valence-corrected chi connectivity index (χ3v) is 2.86. The molecule has 2 aromatic carbocycles. The second-order valence-corrected chi connectivity index (χ2v) is 4.22. The quantitative estimate of drug-likeness (QED) is 0.556. The van der Waals surface area contributed by atoms with Gasteiger partial charge in [-0.3, -0.25) is 0 Å². The molecule has 0 fully saturated rings. The summed E-state index contributed by atoms with van der Waals surface area (Å²) in [6.07, 6.45) is 0. The second-order valence-electron chi connectivity index (χ2n) is 4.22. The molecule has 2 rings (SSSR count). The van der Waals surface area contributed by atoms with Crippen LogP contribution in [0.2, 0.25) is 0 Å². The average molecular weight is 231 g/mol. The summed E-state index contributed by atoms with van der Waals surface area (Å²) in [4.78, 5) is 2.34. The fourth-order valence-electron chi connectivity index (χ4n) is 1.92. The Hall–Kier alpha value is -1.16. The first kappa shape index (κ1) is 14.9. The van der Waals surface area contributed by atoms with E-state index in [0.29, 0.717) is 0 Å². The summed E-state index contributed by atoms with van der Waals surface area (Å²) >= 11 is 0. The largest absolute Gasteiger partial charge is 1.00 e. The van der Waals surface area contributed by atoms with E-state index in [1.54, 1.807) is 0 Å². The van der Waals surface area contributed by atoms with Crippen LogP contribution in [0, 0.1) is 13.0 Å². The number of nitrogens with zero attached hydrogens (tertiary/aromatic N) is 1. The van der Waals surface area contributed by atoms with Crippen molar-refractivity contribution in [2.75, 3.05) is 11.4 Å². The maximum absolute atomic E-state index is 3.40. The standard InChI is InChI=1S/C16H18N.Li/c1-3-17(13-15-9-5-4-6-10-15)16-11-7-8-14(2)12-16;/h4-11H,3,13H2,1-2H3;/q-1;+1. The first-order valence-electron chi connectivity index (χ1n) is 6.07. The van der Waals surface area contributed by atoms with Crippen LogP contribution in [0.25, 0.3) is 0 Å². The first-order valence-corrected chi connectivity index (χ1v) is 6.07. The molecule has 2 aromatic rings. The summed E-state index contributed by atoms with van der Waals surface area (Å²) in [7, 11) is 0. The minimum Gasteiger partial charge on any atom is -0.390 e. The monoisotopic (exact) mass is 231 g/mol. The smallest absolute Gasteiger partial charge is 0.390 e. The van der Waals surface area contributed by atoms with Crippen LogP contribution in [0.1, 0.15) is 18.1 Å². The molecule has 0 saturated carbocycles. The van der Waals surface area contributed by atoms with E-state index >= 15 is 0 Å². The van der Waals surface area contributed by atoms with E-state index in [1.807, 2.05) is 0 Å². The summed E-state index contributed by atoms with van der Waals surface area (Å²) in [6.45, 7) is 6.20. The van der Waals surface area contributed by atoms with Gasteiger partial charge in [0.05, 0.1) is 0 Å². The molecule has 2 heteroatoms. The second kappa shape index (κ2) is 7.31. The fourth-order valence-corrected chi connectivity index (χ4v) is 1.92. The van der Waals surface area contributed by atoms with E-state index in [0.717, 1.165) is 13.1 Å². The van der Waals surface area contributed by atoms with Gasteiger partial charge in [-0.05, 0) is 12.5 Å². The van der Waals surface area contributed by atoms with E-state index in [4.69, 9.17) is 0 Å². The molecular formula is C16H18LiN. The first-order chi connectivity index (χ1) is 8.29. The molecule has 18 heavy (non-hydrogen) atoms. The van der Waals surface area contributed by atoms with E-state index < -0.39 is 0 Å². The van der Waals surface area contributed by atoms with Crippen LogP contribution in [-0.2, 0) is 6.54 Å². The molecule has 0 atom stereocenters. The molecule has 0 aliphatic rings. The van der Waals surface area contributed by atoms with Crippen LogP contribution in [0.15, 0.2) is 48.5 Å². The maximum atomic E-state index is 3.40. The van der Waals surface area contributed by atoms with E-state index in [2.05, 4.69) is 73.3 Å². The predicted octanol–water partition coefficient (Wildman–Crippen LogP) is 0.826. The Labute approximate surface area is 122 Å². The number of anilines is 1. The van der Waals surface area contributed by atoms with Crippen LogP contribution in [0.5, 0.6) is 0 Å². The van der Waals surface area contributed by atoms with Crippen LogP contribution >= 0.6 is 0 Å². The van der Waals surface area contributed by atoms with Gasteiger partial charge in [0.2, 0.25) is 0 Å². The van der Waals surface area contributed by atoms with Crippen molar-refractivity contribution in [3.8, 4) is 0 Å². The SMILES string of the molecule is CCN(Cc1ccccc1)c1[c-]c(C)ccc1.[Li+]. The van der Waals surface area contributed by atoms with Gasteiger partial charge in [-0.15, -0.1) is 6.07 Å². The topological polar surface area (TPSA) is 3.24 Å². The van der Waals surface area contributed by atoms with Crippen molar-refractivity contribution < 1.29 is 18.9 Å². The van der Waals surface area contributed by atoms with Crippen molar-refractivity contribution >= 4 is 5.69 Å². The van der Waals surface area contributed by atoms with Crippen molar-refractivity contribution in [3.05, 3.63) is 65.7 Å². The molecule has 0 aromatic heterocycles. The minimum absolute atomic E-state index is 0. The summed E-state index contributed by atoms with van der Waals surface area (Å²) in [5.41, 5.74) is 3.70. The molecule has 88 valence electrons. The van der Waals surface area contributed by atoms with Gasteiger partial charge < -0.3 is 4.90 Å². The van der Waals surface area contributed by atoms with Gasteiger partial charge in [-0.1, -0.05) is 42.9 Å². The Balaban J connectivity index is 0.00000162. The zero-order chi connectivity index (χ0) is 12.1. The normalized spacial score (nSPS) is 9.67. The molecule has 0 amide bonds. The maximum Gasteiger partial charge on any atom is 1.00 e. The Kier molecular flexibility index (Phi) is 6.05. The molecule has 0 aliphatic heterocycles. The van der Waals surface area contributed by atoms with Gasteiger partial charge in [0.25, 0.3) is 0 Å². The molecule has 0 heterocycles. The molecule has 0 saturated heterocycles. The summed E-state index contributed by atoms with van der Waals surface area (Å²) in [6, 6.07) is 20.3. The molecule has 0 radical (unpaired) electrons. The van der Waals surface area contributed by atoms with Crippen molar-refractivity contribution in [2.45, 2.75) is 20.4 Å². The zero-order valence-corrected chi connectivity index (χ0v) is 11.5. The zero-order valence-electron chi connectivity index (χ0n) is 11.5. The van der Waals surface area contributed by atoms with Crippen LogP contribution < -0.4 is 23.8 Å². The minimum atomic E-state index is 0. The molecule has 0 spiro atoms. The third kappa shape index (κ3) is 3.94. The van der Waals surface area contributed by atoms with Crippen molar-refractivity contribution in [3.63, 3.8) is 0 Å². The van der Waals surface area contributed by atoms with Crippen molar-refractivity contribution in [1.82, 2.24) is 0 Å². The van der Waals surface area contributed by atoms with Gasteiger partial charge in [-0.25, -0.2) is 0 Å². The molecule has 1 nitrogen and oxygen atoms in total. The summed E-state index contributed by atoms with van der Waals surface area (Å²) in [5, 5.41) is 0. The van der Waals surface area contributed by atoms with Gasteiger partial charge in [0.1, 0.15) is 0 Å². The number of hydrogen-bond acceptors (Lipinski definition) is 1. The molecule has 0 N–H and O–H groups in total. The number of benzene rings is 2. The summed E-state index contributed by atoms with van der Waals surface area (Å²) in [5.74, 6) is 0. The third-order valence-electron chi connectivity index (χ3n) is 2.86. The number of rotatable bonds is 4. The molecule has 0 aliphatic carbocycles. The van der Waals surface area contributed by atoms with Crippen LogP contribution in [0.4, 0.5) is 5.69 Å². The fraction of sp³-hybridized carbons (Fsp3) is 0.250. The van der Waals surface area contributed by atoms with Crippen molar-refractivity contribution in [1.29, 1.82) is 0 Å². The van der Waals surface area contributed by atoms with Gasteiger partial charge in [0.15, 0.2) is 0 Å². The Bertz CT molecular complexity index is 468. The molecule has 0 unspecified atom stereocenters. The van der Waals surface area contributed by atoms with E-state index in [-0.39, 0.29) is 18.9 Å². The predicted molar refractivity (Wildman–Crippen MR) is 73.2 cm³/mol. The van der Waals surface area contributed by atoms with E-state index in [9.17, 15) is 0 Å². The Morgan fingerprint density at radius 2 is 1.72 bits per heavy atom. The Morgan fingerprint density at radius 3 is 2.33 bits per heavy atom. The van der Waals surface area contributed by atoms with Crippen LogP contribution in [0.3, 0.4) is 0 Å². The number of aryl methyl sites for hydroxylation is 1. The van der Waals surface area contributed by atoms with Crippen molar-refractivity contribution in [2.24, 2.45) is 0 Å². The molecular weight excluding hydrogens is 213 g/mol. The number of hydrogen-bond donors (Lipinski definition) is 0. The average Bonchev–Trinajstić information content (AvgIpc) is 2.37. The van der Waals surface area contributed by atoms with E-state index in [1.165, 1.54) is 16.8 Å². The molecule has 0 bridgehead atoms. The van der Waals surface area contributed by atoms with Gasteiger partial charge in [0, 0.05) is 13.1 Å². The Morgan fingerprint density at radius 1 is 1.00 bits per heavy atom. The summed E-state index contributed by atoms with van der Waals surface area (Å²) < 4.78 is 0. The van der Waals surface area contributed by atoms with Crippen LogP contribution in [-0.4, -0.2) is 6.54 Å².